The molecule has 0 spiro atoms. The SMILES string of the molecule is N#Cc1c(F)ccc(F)c1Oc1ccc2ncn([C@H]3[C@@H]4CNC[C@@H]43)c(=O)c2c1. The molecule has 3 atom stereocenters. The molecule has 140 valence electrons. The summed E-state index contributed by atoms with van der Waals surface area (Å²) in [4.78, 5) is 17.3. The van der Waals surface area contributed by atoms with Gasteiger partial charge in [0.25, 0.3) is 5.56 Å². The summed E-state index contributed by atoms with van der Waals surface area (Å²) in [7, 11) is 0. The highest BCUT2D eigenvalue weighted by Crippen LogP contribution is 2.51. The molecule has 2 fully saturated rings. The van der Waals surface area contributed by atoms with Gasteiger partial charge in [0.15, 0.2) is 11.6 Å². The maximum Gasteiger partial charge on any atom is 0.261 e. The first-order chi connectivity index (χ1) is 13.6. The highest BCUT2D eigenvalue weighted by Gasteiger charge is 2.54. The lowest BCUT2D eigenvalue weighted by Gasteiger charge is -2.11. The molecule has 5 rings (SSSR count). The Morgan fingerprint density at radius 1 is 1.18 bits per heavy atom. The van der Waals surface area contributed by atoms with Gasteiger partial charge in [0.05, 0.1) is 17.2 Å². The van der Waals surface area contributed by atoms with Gasteiger partial charge >= 0.3 is 0 Å². The minimum atomic E-state index is -0.877. The summed E-state index contributed by atoms with van der Waals surface area (Å²) in [6.07, 6.45) is 1.56. The zero-order chi connectivity index (χ0) is 19.4. The van der Waals surface area contributed by atoms with Crippen LogP contribution >= 0.6 is 0 Å². The minimum absolute atomic E-state index is 0.128. The first kappa shape index (κ1) is 16.8. The Balaban J connectivity index is 1.56. The lowest BCUT2D eigenvalue weighted by Crippen LogP contribution is -2.25. The van der Waals surface area contributed by atoms with Crippen LogP contribution in [0.5, 0.6) is 11.5 Å². The number of nitrogens with one attached hydrogen (secondary N) is 1. The number of benzene rings is 2. The summed E-state index contributed by atoms with van der Waals surface area (Å²) in [6.45, 7) is 1.78. The van der Waals surface area contributed by atoms with Gasteiger partial charge in [-0.05, 0) is 42.2 Å². The van der Waals surface area contributed by atoms with Crippen molar-refractivity contribution >= 4 is 10.9 Å². The monoisotopic (exact) mass is 380 g/mol. The number of piperidine rings is 1. The predicted octanol–water partition coefficient (Wildman–Crippen LogP) is 2.73. The molecule has 2 aliphatic rings. The normalized spacial score (nSPS) is 22.7. The second-order valence-electron chi connectivity index (χ2n) is 7.06. The zero-order valence-electron chi connectivity index (χ0n) is 14.5. The lowest BCUT2D eigenvalue weighted by atomic mass is 10.2. The van der Waals surface area contributed by atoms with Gasteiger partial charge in [-0.1, -0.05) is 0 Å². The van der Waals surface area contributed by atoms with E-state index in [-0.39, 0.29) is 17.4 Å². The van der Waals surface area contributed by atoms with Crippen LogP contribution in [0.3, 0.4) is 0 Å². The van der Waals surface area contributed by atoms with E-state index in [9.17, 15) is 13.6 Å². The van der Waals surface area contributed by atoms with Gasteiger partial charge in [-0.15, -0.1) is 0 Å². The quantitative estimate of drug-likeness (QED) is 0.756. The van der Waals surface area contributed by atoms with Crippen LogP contribution in [0.2, 0.25) is 0 Å². The van der Waals surface area contributed by atoms with Crippen LogP contribution in [-0.4, -0.2) is 22.6 Å². The van der Waals surface area contributed by atoms with E-state index >= 15 is 0 Å². The van der Waals surface area contributed by atoms with E-state index in [0.717, 1.165) is 25.2 Å². The van der Waals surface area contributed by atoms with Crippen molar-refractivity contribution in [1.82, 2.24) is 14.9 Å². The van der Waals surface area contributed by atoms with Gasteiger partial charge < -0.3 is 10.1 Å². The molecule has 0 amide bonds. The molecule has 1 aliphatic heterocycles. The first-order valence-corrected chi connectivity index (χ1v) is 8.86. The third-order valence-electron chi connectivity index (χ3n) is 5.51. The fourth-order valence-corrected chi connectivity index (χ4v) is 4.04. The van der Waals surface area contributed by atoms with E-state index in [0.29, 0.717) is 22.7 Å². The van der Waals surface area contributed by atoms with Crippen molar-refractivity contribution in [3.63, 3.8) is 0 Å². The van der Waals surface area contributed by atoms with Crippen LogP contribution < -0.4 is 15.6 Å². The van der Waals surface area contributed by atoms with Crippen LogP contribution in [-0.2, 0) is 0 Å². The van der Waals surface area contributed by atoms with E-state index in [1.807, 2.05) is 0 Å². The minimum Gasteiger partial charge on any atom is -0.453 e. The third-order valence-corrected chi connectivity index (χ3v) is 5.51. The molecular weight excluding hydrogens is 366 g/mol. The molecule has 1 saturated carbocycles. The van der Waals surface area contributed by atoms with Crippen molar-refractivity contribution in [2.75, 3.05) is 13.1 Å². The van der Waals surface area contributed by atoms with Crippen molar-refractivity contribution in [3.05, 3.63) is 64.2 Å². The Labute approximate surface area is 158 Å². The molecule has 28 heavy (non-hydrogen) atoms. The molecule has 1 N–H and O–H groups in total. The highest BCUT2D eigenvalue weighted by molar-refractivity contribution is 5.79. The molecule has 2 heterocycles. The van der Waals surface area contributed by atoms with Gasteiger partial charge in [0.2, 0.25) is 0 Å². The molecule has 6 nitrogen and oxygen atoms in total. The summed E-state index contributed by atoms with van der Waals surface area (Å²) >= 11 is 0. The van der Waals surface area contributed by atoms with Crippen molar-refractivity contribution in [1.29, 1.82) is 5.26 Å². The lowest BCUT2D eigenvalue weighted by molar-refractivity contribution is 0.435. The van der Waals surface area contributed by atoms with Gasteiger partial charge in [-0.2, -0.15) is 5.26 Å². The topological polar surface area (TPSA) is 79.9 Å². The van der Waals surface area contributed by atoms with Crippen LogP contribution in [0.25, 0.3) is 10.9 Å². The molecular formula is C20H14F2N4O2. The number of hydrogen-bond acceptors (Lipinski definition) is 5. The molecule has 1 saturated heterocycles. The maximum atomic E-state index is 14.1. The fraction of sp³-hybridized carbons (Fsp3) is 0.250. The molecule has 2 aromatic carbocycles. The molecule has 0 radical (unpaired) electrons. The average Bonchev–Trinajstić information content (AvgIpc) is 3.15. The largest absolute Gasteiger partial charge is 0.453 e. The predicted molar refractivity (Wildman–Crippen MR) is 96.0 cm³/mol. The first-order valence-electron chi connectivity index (χ1n) is 8.86. The van der Waals surface area contributed by atoms with Gasteiger partial charge in [0, 0.05) is 19.1 Å². The molecule has 0 unspecified atom stereocenters. The summed E-state index contributed by atoms with van der Waals surface area (Å²) in [5.74, 6) is -1.24. The fourth-order valence-electron chi connectivity index (χ4n) is 4.04. The van der Waals surface area contributed by atoms with Crippen molar-refractivity contribution in [2.24, 2.45) is 11.8 Å². The summed E-state index contributed by atoms with van der Waals surface area (Å²) < 4.78 is 34.9. The maximum absolute atomic E-state index is 14.1. The summed E-state index contributed by atoms with van der Waals surface area (Å²) in [6, 6.07) is 8.03. The Morgan fingerprint density at radius 2 is 1.93 bits per heavy atom. The van der Waals surface area contributed by atoms with Crippen molar-refractivity contribution in [2.45, 2.75) is 6.04 Å². The summed E-state index contributed by atoms with van der Waals surface area (Å²) in [5.41, 5.74) is -0.241. The Morgan fingerprint density at radius 3 is 2.68 bits per heavy atom. The van der Waals surface area contributed by atoms with E-state index in [4.69, 9.17) is 10.00 Å². The number of ether oxygens (including phenoxy) is 1. The molecule has 1 aromatic heterocycles. The Bertz CT molecular complexity index is 1210. The highest BCUT2D eigenvalue weighted by atomic mass is 19.1. The number of nitriles is 1. The second-order valence-corrected chi connectivity index (χ2v) is 7.06. The number of halogens is 2. The van der Waals surface area contributed by atoms with Crippen LogP contribution in [0.1, 0.15) is 11.6 Å². The van der Waals surface area contributed by atoms with Crippen molar-refractivity contribution < 1.29 is 13.5 Å². The van der Waals surface area contributed by atoms with E-state index in [2.05, 4.69) is 10.3 Å². The van der Waals surface area contributed by atoms with Crippen LogP contribution in [0.4, 0.5) is 8.78 Å². The number of fused-ring (bicyclic) bond motifs is 2. The molecule has 3 aromatic rings. The molecule has 1 aliphatic carbocycles. The van der Waals surface area contributed by atoms with Crippen LogP contribution in [0, 0.1) is 34.8 Å². The third kappa shape index (κ3) is 2.47. The van der Waals surface area contributed by atoms with E-state index in [1.54, 1.807) is 23.0 Å². The van der Waals surface area contributed by atoms with Crippen LogP contribution in [0.15, 0.2) is 41.5 Å². The van der Waals surface area contributed by atoms with Gasteiger partial charge in [-0.3, -0.25) is 9.36 Å². The number of nitrogens with zero attached hydrogens (tertiary/aromatic N) is 3. The van der Waals surface area contributed by atoms with Gasteiger partial charge in [-0.25, -0.2) is 13.8 Å². The molecule has 8 heteroatoms. The average molecular weight is 380 g/mol. The van der Waals surface area contributed by atoms with Crippen molar-refractivity contribution in [3.8, 4) is 17.6 Å². The smallest absolute Gasteiger partial charge is 0.261 e. The Kier molecular flexibility index (Phi) is 3.67. The zero-order valence-corrected chi connectivity index (χ0v) is 14.5. The standard InChI is InChI=1S/C20H14F2N4O2/c21-15-2-3-16(22)19(12(15)6-23)28-10-1-4-17-11(5-10)20(27)26(9-25-17)18-13-7-24-8-14(13)18/h1-5,9,13-14,18,24H,7-8H2/t13-,14+,18+. The number of rotatable bonds is 3. The van der Waals surface area contributed by atoms with Gasteiger partial charge in [0.1, 0.15) is 23.2 Å². The number of aromatic nitrogens is 2. The summed E-state index contributed by atoms with van der Waals surface area (Å²) in [5, 5.41) is 12.7. The van der Waals surface area contributed by atoms with E-state index in [1.165, 1.54) is 12.1 Å². The second kappa shape index (κ2) is 6.11. The molecule has 0 bridgehead atoms. The number of hydrogen-bond donors (Lipinski definition) is 1. The Hall–Kier alpha value is -3.31. The van der Waals surface area contributed by atoms with E-state index < -0.39 is 22.9 Å².